The number of para-hydroxylation sites is 2. The molecule has 0 saturated heterocycles. The maximum absolute atomic E-state index is 12.3. The van der Waals surface area contributed by atoms with E-state index in [1.807, 2.05) is 24.3 Å². The molecule has 20 heavy (non-hydrogen) atoms. The van der Waals surface area contributed by atoms with Crippen LogP contribution in [0.25, 0.3) is 0 Å². The van der Waals surface area contributed by atoms with Crippen LogP contribution in [0.2, 0.25) is 0 Å². The summed E-state index contributed by atoms with van der Waals surface area (Å²) >= 11 is 0. The lowest BCUT2D eigenvalue weighted by molar-refractivity contribution is -0.122. The summed E-state index contributed by atoms with van der Waals surface area (Å²) in [4.78, 5) is 25.5. The first-order valence-corrected chi connectivity index (χ1v) is 7.00. The molecule has 0 fully saturated rings. The predicted molar refractivity (Wildman–Crippen MR) is 79.8 cm³/mol. The van der Waals surface area contributed by atoms with Gasteiger partial charge in [0, 0.05) is 12.5 Å². The normalized spacial score (nSPS) is 14.2. The fourth-order valence-corrected chi connectivity index (χ4v) is 2.22. The lowest BCUT2D eigenvalue weighted by atomic mass is 10.1. The first-order valence-electron chi connectivity index (χ1n) is 7.00. The number of amides is 2. The number of anilines is 2. The number of rotatable bonds is 5. The zero-order valence-electron chi connectivity index (χ0n) is 12.0. The molecule has 2 N–H and O–H groups in total. The SMILES string of the molecule is CC(C)NCCCC(=O)N1CC(=O)Nc2ccccc21. The van der Waals surface area contributed by atoms with Crippen molar-refractivity contribution in [2.75, 3.05) is 23.3 Å². The summed E-state index contributed by atoms with van der Waals surface area (Å²) in [6.07, 6.45) is 1.22. The van der Waals surface area contributed by atoms with Gasteiger partial charge >= 0.3 is 0 Å². The van der Waals surface area contributed by atoms with E-state index in [-0.39, 0.29) is 18.4 Å². The van der Waals surface area contributed by atoms with Gasteiger partial charge in [0.05, 0.1) is 11.4 Å². The minimum atomic E-state index is -0.141. The molecule has 0 unspecified atom stereocenters. The number of fused-ring (bicyclic) bond motifs is 1. The Morgan fingerprint density at radius 1 is 1.40 bits per heavy atom. The minimum Gasteiger partial charge on any atom is -0.323 e. The van der Waals surface area contributed by atoms with Gasteiger partial charge in [0.25, 0.3) is 0 Å². The zero-order valence-corrected chi connectivity index (χ0v) is 12.0. The average molecular weight is 275 g/mol. The summed E-state index contributed by atoms with van der Waals surface area (Å²) in [7, 11) is 0. The second kappa shape index (κ2) is 6.52. The molecule has 0 aromatic heterocycles. The van der Waals surface area contributed by atoms with Crippen LogP contribution in [0.1, 0.15) is 26.7 Å². The van der Waals surface area contributed by atoms with E-state index >= 15 is 0 Å². The first kappa shape index (κ1) is 14.5. The van der Waals surface area contributed by atoms with Crippen LogP contribution in [0.4, 0.5) is 11.4 Å². The van der Waals surface area contributed by atoms with Gasteiger partial charge in [0.1, 0.15) is 6.54 Å². The summed E-state index contributed by atoms with van der Waals surface area (Å²) in [5.41, 5.74) is 1.49. The molecule has 1 aliphatic heterocycles. The summed E-state index contributed by atoms with van der Waals surface area (Å²) in [5.74, 6) is -0.143. The number of nitrogens with one attached hydrogen (secondary N) is 2. The fourth-order valence-electron chi connectivity index (χ4n) is 2.22. The Morgan fingerprint density at radius 3 is 2.90 bits per heavy atom. The van der Waals surface area contributed by atoms with Gasteiger partial charge in [-0.25, -0.2) is 0 Å². The van der Waals surface area contributed by atoms with Gasteiger partial charge in [-0.05, 0) is 25.1 Å². The van der Waals surface area contributed by atoms with E-state index in [4.69, 9.17) is 0 Å². The highest BCUT2D eigenvalue weighted by molar-refractivity contribution is 6.09. The molecule has 0 aliphatic carbocycles. The van der Waals surface area contributed by atoms with E-state index in [2.05, 4.69) is 24.5 Å². The molecular weight excluding hydrogens is 254 g/mol. The molecule has 0 radical (unpaired) electrons. The fraction of sp³-hybridized carbons (Fsp3) is 0.467. The van der Waals surface area contributed by atoms with Gasteiger partial charge in [0.2, 0.25) is 11.8 Å². The van der Waals surface area contributed by atoms with Crippen LogP contribution in [-0.4, -0.2) is 30.9 Å². The van der Waals surface area contributed by atoms with E-state index in [9.17, 15) is 9.59 Å². The van der Waals surface area contributed by atoms with Crippen LogP contribution in [-0.2, 0) is 9.59 Å². The average Bonchev–Trinajstić information content (AvgIpc) is 2.42. The van der Waals surface area contributed by atoms with Gasteiger partial charge in [0.15, 0.2) is 0 Å². The summed E-state index contributed by atoms with van der Waals surface area (Å²) in [5, 5.41) is 6.06. The van der Waals surface area contributed by atoms with Crippen molar-refractivity contribution in [3.8, 4) is 0 Å². The van der Waals surface area contributed by atoms with Crippen molar-refractivity contribution < 1.29 is 9.59 Å². The predicted octanol–water partition coefficient (Wildman–Crippen LogP) is 1.75. The third kappa shape index (κ3) is 3.57. The number of carbonyl (C=O) groups excluding carboxylic acids is 2. The van der Waals surface area contributed by atoms with Gasteiger partial charge in [-0.3, -0.25) is 9.59 Å². The monoisotopic (exact) mass is 275 g/mol. The summed E-state index contributed by atoms with van der Waals surface area (Å²) < 4.78 is 0. The van der Waals surface area contributed by atoms with Gasteiger partial charge in [-0.15, -0.1) is 0 Å². The number of carbonyl (C=O) groups is 2. The number of nitrogens with zero attached hydrogens (tertiary/aromatic N) is 1. The van der Waals surface area contributed by atoms with E-state index in [0.717, 1.165) is 18.7 Å². The van der Waals surface area contributed by atoms with Crippen molar-refractivity contribution in [2.24, 2.45) is 0 Å². The van der Waals surface area contributed by atoms with E-state index in [1.54, 1.807) is 4.90 Å². The largest absolute Gasteiger partial charge is 0.323 e. The number of hydrogen-bond acceptors (Lipinski definition) is 3. The topological polar surface area (TPSA) is 61.4 Å². The van der Waals surface area contributed by atoms with Crippen LogP contribution >= 0.6 is 0 Å². The molecular formula is C15H21N3O2. The van der Waals surface area contributed by atoms with Crippen molar-refractivity contribution in [1.82, 2.24) is 5.32 Å². The molecule has 5 nitrogen and oxygen atoms in total. The highest BCUT2D eigenvalue weighted by Crippen LogP contribution is 2.29. The molecule has 1 aliphatic rings. The molecule has 0 atom stereocenters. The highest BCUT2D eigenvalue weighted by Gasteiger charge is 2.25. The molecule has 0 bridgehead atoms. The summed E-state index contributed by atoms with van der Waals surface area (Å²) in [6.45, 7) is 5.07. The van der Waals surface area contributed by atoms with E-state index < -0.39 is 0 Å². The van der Waals surface area contributed by atoms with E-state index in [1.165, 1.54) is 0 Å². The Kier molecular flexibility index (Phi) is 4.74. The Balaban J connectivity index is 1.98. The summed E-state index contributed by atoms with van der Waals surface area (Å²) in [6, 6.07) is 7.81. The van der Waals surface area contributed by atoms with Crippen molar-refractivity contribution in [2.45, 2.75) is 32.7 Å². The van der Waals surface area contributed by atoms with Crippen molar-refractivity contribution >= 4 is 23.2 Å². The van der Waals surface area contributed by atoms with Crippen molar-refractivity contribution in [3.63, 3.8) is 0 Å². The molecule has 1 heterocycles. The van der Waals surface area contributed by atoms with Gasteiger partial charge in [-0.1, -0.05) is 26.0 Å². The smallest absolute Gasteiger partial charge is 0.244 e. The third-order valence-electron chi connectivity index (χ3n) is 3.19. The lowest BCUT2D eigenvalue weighted by Crippen LogP contribution is -2.42. The Morgan fingerprint density at radius 2 is 2.15 bits per heavy atom. The maximum atomic E-state index is 12.3. The second-order valence-corrected chi connectivity index (χ2v) is 5.26. The van der Waals surface area contributed by atoms with Crippen LogP contribution in [0.5, 0.6) is 0 Å². The Bertz CT molecular complexity index is 500. The standard InChI is InChI=1S/C15H21N3O2/c1-11(2)16-9-5-8-15(20)18-10-14(19)17-12-6-3-4-7-13(12)18/h3-4,6-7,11,16H,5,8-10H2,1-2H3,(H,17,19). The molecule has 1 aromatic carbocycles. The molecule has 108 valence electrons. The minimum absolute atomic E-state index is 0.00199. The van der Waals surface area contributed by atoms with Crippen LogP contribution < -0.4 is 15.5 Å². The number of benzene rings is 1. The van der Waals surface area contributed by atoms with Crippen molar-refractivity contribution in [1.29, 1.82) is 0 Å². The Labute approximate surface area is 119 Å². The molecule has 5 heteroatoms. The third-order valence-corrected chi connectivity index (χ3v) is 3.19. The molecule has 2 amide bonds. The molecule has 0 spiro atoms. The molecule has 1 aromatic rings. The maximum Gasteiger partial charge on any atom is 0.244 e. The lowest BCUT2D eigenvalue weighted by Gasteiger charge is -2.29. The second-order valence-electron chi connectivity index (χ2n) is 5.26. The first-order chi connectivity index (χ1) is 9.58. The highest BCUT2D eigenvalue weighted by atomic mass is 16.2. The van der Waals surface area contributed by atoms with Crippen LogP contribution in [0.3, 0.4) is 0 Å². The van der Waals surface area contributed by atoms with Crippen LogP contribution in [0.15, 0.2) is 24.3 Å². The van der Waals surface area contributed by atoms with Gasteiger partial charge < -0.3 is 15.5 Å². The molecule has 0 saturated carbocycles. The van der Waals surface area contributed by atoms with Gasteiger partial charge in [-0.2, -0.15) is 0 Å². The van der Waals surface area contributed by atoms with Crippen LogP contribution in [0, 0.1) is 0 Å². The Hall–Kier alpha value is -1.88. The zero-order chi connectivity index (χ0) is 14.5. The van der Waals surface area contributed by atoms with E-state index in [0.29, 0.717) is 18.2 Å². The number of hydrogen-bond donors (Lipinski definition) is 2. The quantitative estimate of drug-likeness (QED) is 0.805. The molecule has 2 rings (SSSR count). The van der Waals surface area contributed by atoms with Crippen molar-refractivity contribution in [3.05, 3.63) is 24.3 Å².